The van der Waals surface area contributed by atoms with Gasteiger partial charge in [0.2, 0.25) is 0 Å². The molecule has 0 heterocycles. The van der Waals surface area contributed by atoms with Crippen LogP contribution in [-0.4, -0.2) is 0 Å². The number of benzene rings is 2. The van der Waals surface area contributed by atoms with Gasteiger partial charge in [0.15, 0.2) is 5.82 Å². The minimum atomic E-state index is -0.373. The summed E-state index contributed by atoms with van der Waals surface area (Å²) < 4.78 is 19.6. The van der Waals surface area contributed by atoms with Gasteiger partial charge >= 0.3 is 0 Å². The molecule has 0 aliphatic heterocycles. The molecule has 2 nitrogen and oxygen atoms in total. The molecule has 0 unspecified atom stereocenters. The maximum Gasteiger partial charge on any atom is 0.153 e. The Bertz CT molecular complexity index is 567. The van der Waals surface area contributed by atoms with E-state index in [4.69, 9.17) is 10.5 Å². The molecule has 0 saturated heterocycles. The minimum absolute atomic E-state index is 0.0885. The van der Waals surface area contributed by atoms with Crippen molar-refractivity contribution >= 4 is 5.69 Å². The van der Waals surface area contributed by atoms with Gasteiger partial charge in [0.1, 0.15) is 18.0 Å². The third kappa shape index (κ3) is 4.22. The van der Waals surface area contributed by atoms with Crippen LogP contribution in [0, 0.1) is 12.7 Å². The van der Waals surface area contributed by atoms with E-state index in [9.17, 15) is 4.39 Å². The predicted molar refractivity (Wildman–Crippen MR) is 87.0 cm³/mol. The van der Waals surface area contributed by atoms with E-state index < -0.39 is 0 Å². The summed E-state index contributed by atoms with van der Waals surface area (Å²) in [7, 11) is 0. The van der Waals surface area contributed by atoms with Crippen LogP contribution >= 0.6 is 0 Å². The zero-order valence-electron chi connectivity index (χ0n) is 13.2. The van der Waals surface area contributed by atoms with Gasteiger partial charge in [0, 0.05) is 0 Å². The fourth-order valence-electron chi connectivity index (χ4n) is 2.02. The minimum Gasteiger partial charge on any atom is -0.487 e. The number of rotatable bonds is 4. The maximum absolute atomic E-state index is 14.0. The van der Waals surface area contributed by atoms with Crippen molar-refractivity contribution < 1.29 is 9.13 Å². The van der Waals surface area contributed by atoms with Crippen molar-refractivity contribution in [2.75, 3.05) is 5.73 Å². The largest absolute Gasteiger partial charge is 0.487 e. The Hall–Kier alpha value is -2.03. The third-order valence-corrected chi connectivity index (χ3v) is 3.24. The first-order chi connectivity index (χ1) is 10.1. The lowest BCUT2D eigenvalue weighted by molar-refractivity contribution is 0.306. The first-order valence-electron chi connectivity index (χ1n) is 7.37. The van der Waals surface area contributed by atoms with E-state index in [0.717, 1.165) is 17.5 Å². The smallest absolute Gasteiger partial charge is 0.153 e. The van der Waals surface area contributed by atoms with Crippen molar-refractivity contribution in [1.29, 1.82) is 0 Å². The second-order valence-corrected chi connectivity index (χ2v) is 4.51. The van der Waals surface area contributed by atoms with Gasteiger partial charge in [-0.1, -0.05) is 51.1 Å². The van der Waals surface area contributed by atoms with Gasteiger partial charge in [-0.05, 0) is 36.1 Å². The summed E-state index contributed by atoms with van der Waals surface area (Å²) in [5.41, 5.74) is 8.42. The quantitative estimate of drug-likeness (QED) is 0.814. The molecule has 0 radical (unpaired) electrons. The molecule has 0 aliphatic rings. The number of nitrogen functional groups attached to an aromatic ring is 1. The molecule has 2 aromatic rings. The normalized spacial score (nSPS) is 9.76. The molecule has 114 valence electrons. The Labute approximate surface area is 126 Å². The molecule has 2 N–H and O–H groups in total. The fourth-order valence-corrected chi connectivity index (χ4v) is 2.02. The van der Waals surface area contributed by atoms with Gasteiger partial charge in [0.05, 0.1) is 0 Å². The zero-order chi connectivity index (χ0) is 15.8. The average Bonchev–Trinajstić information content (AvgIpc) is 2.55. The number of ether oxygens (including phenoxy) is 1. The van der Waals surface area contributed by atoms with E-state index in [1.807, 2.05) is 57.2 Å². The number of hydrogen-bond acceptors (Lipinski definition) is 2. The molecule has 0 bridgehead atoms. The Balaban J connectivity index is 0.00000106. The van der Waals surface area contributed by atoms with Gasteiger partial charge in [-0.25, -0.2) is 4.39 Å². The monoisotopic (exact) mass is 289 g/mol. The van der Waals surface area contributed by atoms with Crippen LogP contribution in [0.1, 0.15) is 37.5 Å². The topological polar surface area (TPSA) is 35.2 Å². The molecule has 0 aromatic heterocycles. The van der Waals surface area contributed by atoms with Crippen molar-refractivity contribution in [3.05, 3.63) is 58.9 Å². The van der Waals surface area contributed by atoms with E-state index in [0.29, 0.717) is 17.9 Å². The van der Waals surface area contributed by atoms with E-state index in [1.54, 1.807) is 6.92 Å². The van der Waals surface area contributed by atoms with E-state index in [1.165, 1.54) is 0 Å². The van der Waals surface area contributed by atoms with Crippen LogP contribution in [-0.2, 0) is 13.0 Å². The van der Waals surface area contributed by atoms with Crippen LogP contribution in [0.15, 0.2) is 36.4 Å². The van der Waals surface area contributed by atoms with Crippen molar-refractivity contribution in [1.82, 2.24) is 0 Å². The highest BCUT2D eigenvalue weighted by atomic mass is 19.1. The van der Waals surface area contributed by atoms with Crippen LogP contribution in [0.2, 0.25) is 0 Å². The highest BCUT2D eigenvalue weighted by Crippen LogP contribution is 2.30. The van der Waals surface area contributed by atoms with Crippen molar-refractivity contribution in [3.63, 3.8) is 0 Å². The first-order valence-corrected chi connectivity index (χ1v) is 7.37. The second kappa shape index (κ2) is 8.30. The van der Waals surface area contributed by atoms with Gasteiger partial charge in [-0.15, -0.1) is 0 Å². The molecule has 0 saturated carbocycles. The molecule has 3 heteroatoms. The maximum atomic E-state index is 14.0. The highest BCUT2D eigenvalue weighted by molar-refractivity contribution is 5.58. The lowest BCUT2D eigenvalue weighted by Gasteiger charge is -2.14. The van der Waals surface area contributed by atoms with Gasteiger partial charge < -0.3 is 10.5 Å². The zero-order valence-corrected chi connectivity index (χ0v) is 13.2. The molecule has 2 rings (SSSR count). The number of hydrogen-bond donors (Lipinski definition) is 1. The summed E-state index contributed by atoms with van der Waals surface area (Å²) in [6.45, 7) is 8.11. The summed E-state index contributed by atoms with van der Waals surface area (Å²) in [6.07, 6.45) is 0.755. The number of halogens is 1. The molecule has 21 heavy (non-hydrogen) atoms. The fraction of sp³-hybridized carbons (Fsp3) is 0.333. The summed E-state index contributed by atoms with van der Waals surface area (Å²) in [5.74, 6) is 0.0474. The van der Waals surface area contributed by atoms with Crippen molar-refractivity contribution in [2.24, 2.45) is 0 Å². The van der Waals surface area contributed by atoms with Crippen LogP contribution < -0.4 is 10.5 Å². The van der Waals surface area contributed by atoms with Crippen LogP contribution in [0.25, 0.3) is 0 Å². The second-order valence-electron chi connectivity index (χ2n) is 4.51. The van der Waals surface area contributed by atoms with Gasteiger partial charge in [-0.2, -0.15) is 0 Å². The lowest BCUT2D eigenvalue weighted by Crippen LogP contribution is -2.04. The third-order valence-electron chi connectivity index (χ3n) is 3.24. The molecule has 0 fully saturated rings. The van der Waals surface area contributed by atoms with E-state index in [-0.39, 0.29) is 11.5 Å². The van der Waals surface area contributed by atoms with Gasteiger partial charge in [0.25, 0.3) is 0 Å². The molecule has 2 aromatic carbocycles. The summed E-state index contributed by atoms with van der Waals surface area (Å²) in [6, 6.07) is 11.6. The first kappa shape index (κ1) is 17.0. The number of nitrogens with two attached hydrogens (primary N) is 1. The SMILES string of the molecule is CC.CCc1cc(OCc2ccccc2)c(N)c(F)c1C. The average molecular weight is 289 g/mol. The summed E-state index contributed by atoms with van der Waals surface area (Å²) in [5, 5.41) is 0. The van der Waals surface area contributed by atoms with Crippen LogP contribution in [0.5, 0.6) is 5.75 Å². The number of aryl methyl sites for hydroxylation is 1. The Morgan fingerprint density at radius 3 is 2.33 bits per heavy atom. The Morgan fingerprint density at radius 1 is 1.14 bits per heavy atom. The summed E-state index contributed by atoms with van der Waals surface area (Å²) >= 11 is 0. The highest BCUT2D eigenvalue weighted by Gasteiger charge is 2.13. The molecule has 0 aliphatic carbocycles. The predicted octanol–water partition coefficient (Wildman–Crippen LogP) is 4.88. The van der Waals surface area contributed by atoms with Crippen molar-refractivity contribution in [2.45, 2.75) is 40.7 Å². The molecule has 0 atom stereocenters. The van der Waals surface area contributed by atoms with E-state index in [2.05, 4.69) is 0 Å². The Kier molecular flexibility index (Phi) is 6.73. The molecule has 0 spiro atoms. The Morgan fingerprint density at radius 2 is 1.76 bits per heavy atom. The standard InChI is InChI=1S/C16H18FNO.C2H6/c1-3-13-9-14(16(18)15(17)11(13)2)19-10-12-7-5-4-6-8-12;1-2/h4-9H,3,10,18H2,1-2H3;1-2H3. The molecule has 0 amide bonds. The number of anilines is 1. The van der Waals surface area contributed by atoms with E-state index >= 15 is 0 Å². The lowest BCUT2D eigenvalue weighted by atomic mass is 10.0. The van der Waals surface area contributed by atoms with Crippen molar-refractivity contribution in [3.8, 4) is 5.75 Å². The molecular weight excluding hydrogens is 265 g/mol. The summed E-state index contributed by atoms with van der Waals surface area (Å²) in [4.78, 5) is 0. The van der Waals surface area contributed by atoms with Gasteiger partial charge in [-0.3, -0.25) is 0 Å². The van der Waals surface area contributed by atoms with Crippen LogP contribution in [0.4, 0.5) is 10.1 Å². The van der Waals surface area contributed by atoms with Crippen LogP contribution in [0.3, 0.4) is 0 Å². The molecular formula is C18H24FNO.